The van der Waals surface area contributed by atoms with E-state index in [1.807, 2.05) is 42.5 Å². The van der Waals surface area contributed by atoms with Crippen LogP contribution in [0.4, 0.5) is 17.1 Å². The molecule has 30 heavy (non-hydrogen) atoms. The fraction of sp³-hybridized carbons (Fsp3) is 0.0435. The highest BCUT2D eigenvalue weighted by molar-refractivity contribution is 6.33. The van der Waals surface area contributed by atoms with Crippen LogP contribution in [-0.2, 0) is 0 Å². The summed E-state index contributed by atoms with van der Waals surface area (Å²) in [5, 5.41) is 15.8. The van der Waals surface area contributed by atoms with Crippen molar-refractivity contribution in [3.05, 3.63) is 95.2 Å². The Kier molecular flexibility index (Phi) is 5.68. The zero-order chi connectivity index (χ0) is 20.9. The minimum absolute atomic E-state index is 0.331. The third-order valence-corrected chi connectivity index (χ3v) is 4.71. The van der Waals surface area contributed by atoms with Crippen LogP contribution >= 0.6 is 11.6 Å². The molecule has 0 aliphatic heterocycles. The van der Waals surface area contributed by atoms with Crippen molar-refractivity contribution in [1.29, 1.82) is 0 Å². The lowest BCUT2D eigenvalue weighted by atomic mass is 10.1. The Labute approximate surface area is 178 Å². The van der Waals surface area contributed by atoms with Crippen LogP contribution in [-0.4, -0.2) is 11.1 Å². The molecule has 0 saturated heterocycles. The molecule has 3 aromatic carbocycles. The van der Waals surface area contributed by atoms with E-state index >= 15 is 0 Å². The molecule has 4 aromatic rings. The largest absolute Gasteiger partial charge is 0.360 e. The van der Waals surface area contributed by atoms with E-state index < -0.39 is 0 Å². The van der Waals surface area contributed by atoms with E-state index in [0.717, 1.165) is 5.69 Å². The number of rotatable bonds is 5. The second kappa shape index (κ2) is 8.71. The maximum atomic E-state index is 12.9. The van der Waals surface area contributed by atoms with Crippen LogP contribution in [0.5, 0.6) is 0 Å². The predicted octanol–water partition coefficient (Wildman–Crippen LogP) is 6.97. The van der Waals surface area contributed by atoms with Crippen molar-refractivity contribution < 1.29 is 9.32 Å². The number of amides is 1. The van der Waals surface area contributed by atoms with Gasteiger partial charge in [-0.3, -0.25) is 4.79 Å². The number of aryl methyl sites for hydroxylation is 1. The molecule has 1 amide bonds. The number of carbonyl (C=O) groups excluding carboxylic acids is 1. The first-order chi connectivity index (χ1) is 14.6. The highest BCUT2D eigenvalue weighted by Gasteiger charge is 2.23. The van der Waals surface area contributed by atoms with Gasteiger partial charge in [0.25, 0.3) is 5.91 Å². The molecule has 7 heteroatoms. The van der Waals surface area contributed by atoms with E-state index in [1.54, 1.807) is 43.3 Å². The summed E-state index contributed by atoms with van der Waals surface area (Å²) in [7, 11) is 0. The second-order valence-electron chi connectivity index (χ2n) is 6.48. The molecule has 6 nitrogen and oxygen atoms in total. The average Bonchev–Trinajstić information content (AvgIpc) is 3.15. The van der Waals surface area contributed by atoms with Gasteiger partial charge in [0.15, 0.2) is 0 Å². The lowest BCUT2D eigenvalue weighted by molar-refractivity contribution is 0.102. The van der Waals surface area contributed by atoms with Crippen LogP contribution in [0.25, 0.3) is 11.3 Å². The van der Waals surface area contributed by atoms with Crippen LogP contribution < -0.4 is 5.32 Å². The van der Waals surface area contributed by atoms with Crippen LogP contribution in [0.1, 0.15) is 16.1 Å². The van der Waals surface area contributed by atoms with E-state index in [4.69, 9.17) is 16.1 Å². The Hall–Kier alpha value is -3.77. The molecule has 0 bridgehead atoms. The molecular formula is C23H17ClN4O2. The number of nitrogens with zero attached hydrogens (tertiary/aromatic N) is 3. The smallest absolute Gasteiger partial charge is 0.261 e. The summed E-state index contributed by atoms with van der Waals surface area (Å²) in [5.41, 5.74) is 3.45. The zero-order valence-electron chi connectivity index (χ0n) is 16.0. The summed E-state index contributed by atoms with van der Waals surface area (Å²) in [5.74, 6) is 0.0815. The Morgan fingerprint density at radius 1 is 0.900 bits per heavy atom. The van der Waals surface area contributed by atoms with E-state index in [0.29, 0.717) is 39.0 Å². The Morgan fingerprint density at radius 3 is 2.23 bits per heavy atom. The first-order valence-corrected chi connectivity index (χ1v) is 9.59. The lowest BCUT2D eigenvalue weighted by Gasteiger charge is -2.07. The summed E-state index contributed by atoms with van der Waals surface area (Å²) in [6, 6.07) is 23.7. The fourth-order valence-corrected chi connectivity index (χ4v) is 3.12. The number of aromatic nitrogens is 1. The van der Waals surface area contributed by atoms with Gasteiger partial charge >= 0.3 is 0 Å². The molecule has 1 aromatic heterocycles. The van der Waals surface area contributed by atoms with Crippen molar-refractivity contribution >= 4 is 34.6 Å². The molecule has 0 aliphatic rings. The highest BCUT2D eigenvalue weighted by Crippen LogP contribution is 2.31. The summed E-state index contributed by atoms with van der Waals surface area (Å²) in [6.07, 6.45) is 0. The molecule has 0 fully saturated rings. The van der Waals surface area contributed by atoms with Crippen molar-refractivity contribution in [3.63, 3.8) is 0 Å². The molecule has 0 spiro atoms. The molecule has 0 unspecified atom stereocenters. The van der Waals surface area contributed by atoms with Gasteiger partial charge < -0.3 is 9.84 Å². The third-order valence-electron chi connectivity index (χ3n) is 4.38. The van der Waals surface area contributed by atoms with Gasteiger partial charge in [-0.25, -0.2) is 0 Å². The van der Waals surface area contributed by atoms with Crippen LogP contribution in [0.15, 0.2) is 93.6 Å². The summed E-state index contributed by atoms with van der Waals surface area (Å²) in [4.78, 5) is 12.9. The minimum atomic E-state index is -0.331. The van der Waals surface area contributed by atoms with Gasteiger partial charge in [-0.2, -0.15) is 10.2 Å². The standard InChI is InChI=1S/C23H17ClN4O2/c1-15-21(22(28-30-15)19-9-5-6-10-20(19)24)23(29)25-16-11-13-18(14-12-16)27-26-17-7-3-2-4-8-17/h2-14H,1H3,(H,25,29). The lowest BCUT2D eigenvalue weighted by Crippen LogP contribution is -2.13. The van der Waals surface area contributed by atoms with Crippen LogP contribution in [0.3, 0.4) is 0 Å². The van der Waals surface area contributed by atoms with E-state index in [-0.39, 0.29) is 5.91 Å². The van der Waals surface area contributed by atoms with Crippen LogP contribution in [0, 0.1) is 6.92 Å². The van der Waals surface area contributed by atoms with Gasteiger partial charge in [0, 0.05) is 11.3 Å². The third kappa shape index (κ3) is 4.29. The molecule has 148 valence electrons. The second-order valence-corrected chi connectivity index (χ2v) is 6.89. The zero-order valence-corrected chi connectivity index (χ0v) is 16.8. The Morgan fingerprint density at radius 2 is 1.53 bits per heavy atom. The number of carbonyl (C=O) groups is 1. The summed E-state index contributed by atoms with van der Waals surface area (Å²) < 4.78 is 5.26. The van der Waals surface area contributed by atoms with Crippen molar-refractivity contribution in [2.24, 2.45) is 10.2 Å². The topological polar surface area (TPSA) is 79.9 Å². The minimum Gasteiger partial charge on any atom is -0.360 e. The SMILES string of the molecule is Cc1onc(-c2ccccc2Cl)c1C(=O)Nc1ccc(N=Nc2ccccc2)cc1. The van der Waals surface area contributed by atoms with E-state index in [2.05, 4.69) is 20.7 Å². The van der Waals surface area contributed by atoms with Gasteiger partial charge in [0.05, 0.1) is 16.4 Å². The van der Waals surface area contributed by atoms with Gasteiger partial charge in [0.2, 0.25) is 0 Å². The number of nitrogens with one attached hydrogen (secondary N) is 1. The monoisotopic (exact) mass is 416 g/mol. The van der Waals surface area contributed by atoms with Crippen molar-refractivity contribution in [3.8, 4) is 11.3 Å². The normalized spacial score (nSPS) is 11.0. The molecule has 0 saturated carbocycles. The van der Waals surface area contributed by atoms with Gasteiger partial charge in [-0.05, 0) is 49.4 Å². The van der Waals surface area contributed by atoms with Crippen molar-refractivity contribution in [1.82, 2.24) is 5.16 Å². The molecule has 1 heterocycles. The highest BCUT2D eigenvalue weighted by atomic mass is 35.5. The van der Waals surface area contributed by atoms with E-state index in [1.165, 1.54) is 0 Å². The number of halogens is 1. The molecule has 1 N–H and O–H groups in total. The van der Waals surface area contributed by atoms with Crippen molar-refractivity contribution in [2.75, 3.05) is 5.32 Å². The maximum Gasteiger partial charge on any atom is 0.261 e. The van der Waals surface area contributed by atoms with Gasteiger partial charge in [-0.15, -0.1) is 0 Å². The van der Waals surface area contributed by atoms with Gasteiger partial charge in [-0.1, -0.05) is 53.2 Å². The molecule has 0 radical (unpaired) electrons. The average molecular weight is 417 g/mol. The number of azo groups is 1. The molecule has 4 rings (SSSR count). The van der Waals surface area contributed by atoms with E-state index in [9.17, 15) is 4.79 Å². The predicted molar refractivity (Wildman–Crippen MR) is 117 cm³/mol. The fourth-order valence-electron chi connectivity index (χ4n) is 2.89. The summed E-state index contributed by atoms with van der Waals surface area (Å²) >= 11 is 6.26. The Balaban J connectivity index is 1.52. The Bertz CT molecular complexity index is 1200. The number of benzene rings is 3. The quantitative estimate of drug-likeness (QED) is 0.356. The first-order valence-electron chi connectivity index (χ1n) is 9.21. The number of hydrogen-bond acceptors (Lipinski definition) is 5. The van der Waals surface area contributed by atoms with Gasteiger partial charge in [0.1, 0.15) is 17.0 Å². The number of anilines is 1. The molecule has 0 atom stereocenters. The van der Waals surface area contributed by atoms with Crippen LogP contribution in [0.2, 0.25) is 5.02 Å². The molecular weight excluding hydrogens is 400 g/mol. The maximum absolute atomic E-state index is 12.9. The van der Waals surface area contributed by atoms with Crippen molar-refractivity contribution in [2.45, 2.75) is 6.92 Å². The summed E-state index contributed by atoms with van der Waals surface area (Å²) in [6.45, 7) is 1.69. The first kappa shape index (κ1) is 19.5. The number of hydrogen-bond donors (Lipinski definition) is 1. The molecule has 0 aliphatic carbocycles.